The molecule has 0 unspecified atom stereocenters. The number of ether oxygens (including phenoxy) is 1. The van der Waals surface area contributed by atoms with E-state index in [1.54, 1.807) is 0 Å². The number of nitrogens with zero attached hydrogens (tertiary/aromatic N) is 1. The summed E-state index contributed by atoms with van der Waals surface area (Å²) in [5, 5.41) is 23.6. The van der Waals surface area contributed by atoms with Crippen molar-refractivity contribution in [2.75, 3.05) is 19.6 Å². The van der Waals surface area contributed by atoms with Gasteiger partial charge in [-0.1, -0.05) is 66.7 Å². The lowest BCUT2D eigenvalue weighted by atomic mass is 9.81. The lowest BCUT2D eigenvalue weighted by Crippen LogP contribution is -2.51. The van der Waals surface area contributed by atoms with Gasteiger partial charge in [0.25, 0.3) is 0 Å². The van der Waals surface area contributed by atoms with Crippen LogP contribution in [-0.4, -0.2) is 40.3 Å². The van der Waals surface area contributed by atoms with Crippen molar-refractivity contribution in [1.29, 1.82) is 0 Å². The lowest BCUT2D eigenvalue weighted by molar-refractivity contribution is -0.0577. The maximum Gasteiger partial charge on any atom is 0.133 e. The number of fused-ring (bicyclic) bond motifs is 3. The van der Waals surface area contributed by atoms with E-state index in [9.17, 15) is 10.2 Å². The van der Waals surface area contributed by atoms with Gasteiger partial charge in [-0.25, -0.2) is 0 Å². The van der Waals surface area contributed by atoms with Crippen LogP contribution < -0.4 is 4.74 Å². The van der Waals surface area contributed by atoms with Gasteiger partial charge in [0.05, 0.1) is 12.2 Å². The Bertz CT molecular complexity index is 995. The van der Waals surface area contributed by atoms with Gasteiger partial charge in [0.2, 0.25) is 0 Å². The highest BCUT2D eigenvalue weighted by atomic mass is 16.5. The first-order valence-corrected chi connectivity index (χ1v) is 10.5. The Morgan fingerprint density at radius 3 is 2.48 bits per heavy atom. The Balaban J connectivity index is 1.32. The minimum Gasteiger partial charge on any atom is -0.486 e. The number of rotatable bonds is 3. The van der Waals surface area contributed by atoms with E-state index in [1.165, 1.54) is 0 Å². The number of aliphatic hydroxyl groups excluding tert-OH is 2. The number of likely N-dealkylation sites (tertiary alicyclic amines) is 1. The van der Waals surface area contributed by atoms with Gasteiger partial charge < -0.3 is 19.8 Å². The molecule has 150 valence electrons. The predicted octanol–water partition coefficient (Wildman–Crippen LogP) is 4.22. The van der Waals surface area contributed by atoms with Gasteiger partial charge >= 0.3 is 0 Å². The normalized spacial score (nSPS) is 22.2. The fraction of sp³-hybridized carbons (Fsp3) is 0.360. The molecule has 2 atom stereocenters. The van der Waals surface area contributed by atoms with Gasteiger partial charge in [-0.05, 0) is 23.8 Å². The van der Waals surface area contributed by atoms with Crippen LogP contribution in [0.4, 0.5) is 0 Å². The largest absolute Gasteiger partial charge is 0.486 e. The van der Waals surface area contributed by atoms with E-state index in [4.69, 9.17) is 4.74 Å². The number of β-amino-alcohol motifs (C(OH)–C–C–N with tert-alkyl or cyclic N) is 1. The summed E-state index contributed by atoms with van der Waals surface area (Å²) in [6, 6.07) is 22.1. The molecule has 5 rings (SSSR count). The second-order valence-corrected chi connectivity index (χ2v) is 8.44. The molecule has 2 aliphatic rings. The Hall–Kier alpha value is -2.40. The highest BCUT2D eigenvalue weighted by Gasteiger charge is 2.43. The van der Waals surface area contributed by atoms with Crippen molar-refractivity contribution in [2.24, 2.45) is 0 Å². The molecule has 0 aromatic heterocycles. The van der Waals surface area contributed by atoms with Crippen LogP contribution >= 0.6 is 0 Å². The molecular weight excluding hydrogens is 362 g/mol. The molecule has 4 heteroatoms. The molecule has 1 spiro atoms. The summed E-state index contributed by atoms with van der Waals surface area (Å²) < 4.78 is 6.63. The molecule has 1 fully saturated rings. The molecule has 0 radical (unpaired) electrons. The summed E-state index contributed by atoms with van der Waals surface area (Å²) in [6.45, 7) is 2.34. The monoisotopic (exact) mass is 389 g/mol. The Kier molecular flexibility index (Phi) is 4.78. The quantitative estimate of drug-likeness (QED) is 0.704. The zero-order valence-electron chi connectivity index (χ0n) is 16.5. The van der Waals surface area contributed by atoms with Crippen molar-refractivity contribution in [3.05, 3.63) is 77.9 Å². The van der Waals surface area contributed by atoms with Crippen molar-refractivity contribution in [3.8, 4) is 5.75 Å². The molecule has 3 aromatic carbocycles. The maximum absolute atomic E-state index is 10.9. The zero-order valence-corrected chi connectivity index (χ0v) is 16.5. The van der Waals surface area contributed by atoms with Crippen LogP contribution in [0, 0.1) is 0 Å². The number of piperidine rings is 1. The van der Waals surface area contributed by atoms with Gasteiger partial charge in [0.1, 0.15) is 11.4 Å². The van der Waals surface area contributed by atoms with Gasteiger partial charge in [0.15, 0.2) is 0 Å². The van der Waals surface area contributed by atoms with E-state index in [-0.39, 0.29) is 5.60 Å². The third-order valence-corrected chi connectivity index (χ3v) is 6.54. The molecule has 2 heterocycles. The molecule has 29 heavy (non-hydrogen) atoms. The number of benzene rings is 3. The van der Waals surface area contributed by atoms with Crippen LogP contribution in [0.3, 0.4) is 0 Å². The molecule has 2 aliphatic heterocycles. The van der Waals surface area contributed by atoms with Crippen LogP contribution in [0.2, 0.25) is 0 Å². The fourth-order valence-electron chi connectivity index (χ4n) is 4.83. The van der Waals surface area contributed by atoms with Gasteiger partial charge in [0, 0.05) is 37.0 Å². The summed E-state index contributed by atoms with van der Waals surface area (Å²) in [7, 11) is 0. The Morgan fingerprint density at radius 1 is 0.966 bits per heavy atom. The number of aliphatic hydroxyl groups is 2. The second-order valence-electron chi connectivity index (χ2n) is 8.44. The van der Waals surface area contributed by atoms with Gasteiger partial charge in [-0.3, -0.25) is 0 Å². The number of hydrogen-bond donors (Lipinski definition) is 2. The maximum atomic E-state index is 10.9. The summed E-state index contributed by atoms with van der Waals surface area (Å²) >= 11 is 0. The van der Waals surface area contributed by atoms with Crippen molar-refractivity contribution in [2.45, 2.75) is 37.1 Å². The van der Waals surface area contributed by atoms with E-state index >= 15 is 0 Å². The van der Waals surface area contributed by atoms with Crippen molar-refractivity contribution in [3.63, 3.8) is 0 Å². The third-order valence-electron chi connectivity index (χ3n) is 6.54. The Morgan fingerprint density at radius 2 is 1.69 bits per heavy atom. The molecule has 0 saturated carbocycles. The average molecular weight is 389 g/mol. The third kappa shape index (κ3) is 3.52. The highest BCUT2D eigenvalue weighted by Crippen LogP contribution is 2.47. The van der Waals surface area contributed by atoms with E-state index < -0.39 is 12.2 Å². The van der Waals surface area contributed by atoms with Crippen LogP contribution in [0.25, 0.3) is 10.8 Å². The van der Waals surface area contributed by atoms with Crippen LogP contribution in [0.15, 0.2) is 66.7 Å². The van der Waals surface area contributed by atoms with Gasteiger partial charge in [-0.2, -0.15) is 0 Å². The van der Waals surface area contributed by atoms with E-state index in [0.29, 0.717) is 13.0 Å². The van der Waals surface area contributed by atoms with E-state index in [1.807, 2.05) is 48.5 Å². The molecule has 1 saturated heterocycles. The first-order valence-electron chi connectivity index (χ1n) is 10.5. The molecule has 0 bridgehead atoms. The Labute approximate surface area is 171 Å². The summed E-state index contributed by atoms with van der Waals surface area (Å²) in [4.78, 5) is 2.30. The fourth-order valence-corrected chi connectivity index (χ4v) is 4.83. The first-order chi connectivity index (χ1) is 14.1. The van der Waals surface area contributed by atoms with Crippen LogP contribution in [0.1, 0.15) is 42.6 Å². The SMILES string of the molecule is O[C@@H](CN1CCC2(CC1)C[C@H](O)c1ccc3ccccc3c1O2)c1ccccc1. The first kappa shape index (κ1) is 18.6. The van der Waals surface area contributed by atoms with Crippen molar-refractivity contribution >= 4 is 10.8 Å². The van der Waals surface area contributed by atoms with Crippen molar-refractivity contribution in [1.82, 2.24) is 4.90 Å². The molecule has 4 nitrogen and oxygen atoms in total. The second kappa shape index (κ2) is 7.45. The minimum absolute atomic E-state index is 0.329. The summed E-state index contributed by atoms with van der Waals surface area (Å²) in [6.07, 6.45) is 1.37. The topological polar surface area (TPSA) is 52.9 Å². The molecule has 3 aromatic rings. The van der Waals surface area contributed by atoms with Gasteiger partial charge in [-0.15, -0.1) is 0 Å². The summed E-state index contributed by atoms with van der Waals surface area (Å²) in [5.74, 6) is 0.847. The lowest BCUT2D eigenvalue weighted by Gasteiger charge is -2.46. The predicted molar refractivity (Wildman–Crippen MR) is 114 cm³/mol. The average Bonchev–Trinajstić information content (AvgIpc) is 2.76. The smallest absolute Gasteiger partial charge is 0.133 e. The standard InChI is InChI=1S/C25H27NO3/c27-22-16-25(29-24-20-9-5-4-6-18(20)10-11-21(22)24)12-14-26(15-13-25)17-23(28)19-7-2-1-3-8-19/h1-11,22-23,27-28H,12-17H2/t22-,23-/m0/s1. The van der Waals surface area contributed by atoms with Crippen LogP contribution in [-0.2, 0) is 0 Å². The minimum atomic E-state index is -0.496. The van der Waals surface area contributed by atoms with E-state index in [0.717, 1.165) is 53.6 Å². The molecule has 0 amide bonds. The molecule has 0 aliphatic carbocycles. The molecular formula is C25H27NO3. The van der Waals surface area contributed by atoms with Crippen molar-refractivity contribution < 1.29 is 14.9 Å². The molecule has 2 N–H and O–H groups in total. The summed E-state index contributed by atoms with van der Waals surface area (Å²) in [5.41, 5.74) is 1.53. The number of hydrogen-bond acceptors (Lipinski definition) is 4. The zero-order chi connectivity index (χ0) is 19.8. The van der Waals surface area contributed by atoms with Crippen LogP contribution in [0.5, 0.6) is 5.75 Å². The highest BCUT2D eigenvalue weighted by molar-refractivity contribution is 5.90. The van der Waals surface area contributed by atoms with E-state index in [2.05, 4.69) is 23.1 Å².